The molecule has 1 aliphatic rings. The number of hydrazine groups is 2. The highest BCUT2D eigenvalue weighted by Crippen LogP contribution is 2.16. The molecule has 1 fully saturated rings. The van der Waals surface area contributed by atoms with E-state index in [4.69, 9.17) is 0 Å². The topological polar surface area (TPSA) is 77.2 Å². The van der Waals surface area contributed by atoms with Crippen molar-refractivity contribution in [2.75, 3.05) is 10.6 Å². The van der Waals surface area contributed by atoms with Crippen LogP contribution in [-0.2, 0) is 4.79 Å². The molecule has 0 aliphatic carbocycles. The Morgan fingerprint density at radius 1 is 1.04 bits per heavy atom. The first-order valence-electron chi connectivity index (χ1n) is 6.97. The Labute approximate surface area is 131 Å². The van der Waals surface area contributed by atoms with Gasteiger partial charge in [0.1, 0.15) is 23.8 Å². The van der Waals surface area contributed by atoms with Crippen LogP contribution in [0.15, 0.2) is 48.5 Å². The molecule has 23 heavy (non-hydrogen) atoms. The van der Waals surface area contributed by atoms with Crippen LogP contribution < -0.4 is 27.0 Å². The van der Waals surface area contributed by atoms with E-state index in [-0.39, 0.29) is 5.69 Å². The van der Waals surface area contributed by atoms with Crippen LogP contribution in [0, 0.1) is 11.6 Å². The number of benzene rings is 2. The predicted octanol–water partition coefficient (Wildman–Crippen LogP) is 1.32. The van der Waals surface area contributed by atoms with Crippen LogP contribution in [0.1, 0.15) is 0 Å². The molecule has 1 amide bonds. The average molecular weight is 319 g/mol. The Bertz CT molecular complexity index is 698. The second-order valence-electron chi connectivity index (χ2n) is 4.99. The van der Waals surface area contributed by atoms with Crippen LogP contribution in [0.2, 0.25) is 0 Å². The lowest BCUT2D eigenvalue weighted by molar-refractivity contribution is -0.118. The first-order chi connectivity index (χ1) is 11.1. The van der Waals surface area contributed by atoms with Crippen LogP contribution in [0.25, 0.3) is 0 Å². The number of rotatable bonds is 4. The van der Waals surface area contributed by atoms with Gasteiger partial charge < -0.3 is 10.6 Å². The summed E-state index contributed by atoms with van der Waals surface area (Å²) in [6.45, 7) is 0. The maximum absolute atomic E-state index is 13.6. The first-order valence-corrected chi connectivity index (χ1v) is 6.97. The lowest BCUT2D eigenvalue weighted by Gasteiger charge is -2.20. The minimum absolute atomic E-state index is 0.206. The highest BCUT2D eigenvalue weighted by atomic mass is 19.1. The van der Waals surface area contributed by atoms with E-state index in [1.54, 1.807) is 0 Å². The van der Waals surface area contributed by atoms with Crippen LogP contribution >= 0.6 is 0 Å². The fourth-order valence-electron chi connectivity index (χ4n) is 2.22. The summed E-state index contributed by atoms with van der Waals surface area (Å²) in [4.78, 5) is 12.3. The zero-order valence-corrected chi connectivity index (χ0v) is 11.9. The Morgan fingerprint density at radius 3 is 2.61 bits per heavy atom. The van der Waals surface area contributed by atoms with Crippen molar-refractivity contribution in [2.45, 2.75) is 12.2 Å². The van der Waals surface area contributed by atoms with Gasteiger partial charge in [0.15, 0.2) is 0 Å². The second-order valence-corrected chi connectivity index (χ2v) is 4.99. The molecule has 0 radical (unpaired) electrons. The number of para-hydroxylation sites is 1. The zero-order chi connectivity index (χ0) is 16.2. The van der Waals surface area contributed by atoms with Gasteiger partial charge in [-0.05, 0) is 24.3 Å². The monoisotopic (exact) mass is 319 g/mol. The van der Waals surface area contributed by atoms with Gasteiger partial charge in [-0.1, -0.05) is 18.2 Å². The summed E-state index contributed by atoms with van der Waals surface area (Å²) in [5, 5.41) is 5.49. The molecule has 1 heterocycles. The number of amides is 1. The number of hydrogen-bond acceptors (Lipinski definition) is 5. The van der Waals surface area contributed by atoms with Crippen molar-refractivity contribution in [1.82, 2.24) is 16.4 Å². The highest BCUT2D eigenvalue weighted by molar-refractivity contribution is 5.95. The standard InChI is InChI=1S/C15H15F2N5O/c16-9-6-7-11(17)12(8-9)19-15(23)13-14(21-22-20-13)18-10-4-2-1-3-5-10/h1-8,13-14,18,20-22H,(H,19,23). The van der Waals surface area contributed by atoms with E-state index in [9.17, 15) is 13.6 Å². The number of nitrogens with one attached hydrogen (secondary N) is 5. The van der Waals surface area contributed by atoms with Gasteiger partial charge >= 0.3 is 0 Å². The summed E-state index contributed by atoms with van der Waals surface area (Å²) < 4.78 is 26.8. The third-order valence-corrected chi connectivity index (χ3v) is 3.35. The molecule has 0 bridgehead atoms. The molecule has 2 unspecified atom stereocenters. The molecule has 8 heteroatoms. The van der Waals surface area contributed by atoms with Gasteiger partial charge in [-0.2, -0.15) is 5.53 Å². The summed E-state index contributed by atoms with van der Waals surface area (Å²) in [6, 6.07) is 11.4. The smallest absolute Gasteiger partial charge is 0.246 e. The van der Waals surface area contributed by atoms with E-state index >= 15 is 0 Å². The molecule has 2 aromatic rings. The minimum Gasteiger partial charge on any atom is -0.367 e. The van der Waals surface area contributed by atoms with Crippen LogP contribution in [0.4, 0.5) is 20.2 Å². The molecule has 0 saturated carbocycles. The normalized spacial score (nSPS) is 20.3. The lowest BCUT2D eigenvalue weighted by Crippen LogP contribution is -2.48. The van der Waals surface area contributed by atoms with Gasteiger partial charge in [0.05, 0.1) is 5.69 Å². The number of anilines is 2. The van der Waals surface area contributed by atoms with Crippen molar-refractivity contribution >= 4 is 17.3 Å². The Balaban J connectivity index is 1.69. The van der Waals surface area contributed by atoms with Gasteiger partial charge in [-0.25, -0.2) is 19.6 Å². The third kappa shape index (κ3) is 3.62. The van der Waals surface area contributed by atoms with Crippen molar-refractivity contribution in [2.24, 2.45) is 0 Å². The minimum atomic E-state index is -0.738. The van der Waals surface area contributed by atoms with Gasteiger partial charge in [0, 0.05) is 11.8 Å². The number of carbonyl (C=O) groups is 1. The number of hydrogen-bond donors (Lipinski definition) is 5. The summed E-state index contributed by atoms with van der Waals surface area (Å²) in [5.41, 5.74) is 8.82. The quantitative estimate of drug-likeness (QED) is 0.588. The Kier molecular flexibility index (Phi) is 4.47. The summed E-state index contributed by atoms with van der Waals surface area (Å²) in [6.07, 6.45) is -0.478. The summed E-state index contributed by atoms with van der Waals surface area (Å²) in [7, 11) is 0. The molecule has 2 aromatic carbocycles. The van der Waals surface area contributed by atoms with Crippen molar-refractivity contribution in [3.63, 3.8) is 0 Å². The largest absolute Gasteiger partial charge is 0.367 e. The van der Waals surface area contributed by atoms with E-state index in [1.165, 1.54) is 0 Å². The average Bonchev–Trinajstić information content (AvgIpc) is 3.00. The molecule has 0 spiro atoms. The summed E-state index contributed by atoms with van der Waals surface area (Å²) >= 11 is 0. The van der Waals surface area contributed by atoms with Crippen LogP contribution in [0.5, 0.6) is 0 Å². The van der Waals surface area contributed by atoms with E-state index in [0.29, 0.717) is 0 Å². The maximum atomic E-state index is 13.6. The Morgan fingerprint density at radius 2 is 1.83 bits per heavy atom. The molecular weight excluding hydrogens is 304 g/mol. The van der Waals surface area contributed by atoms with Crippen molar-refractivity contribution in [3.05, 3.63) is 60.2 Å². The fraction of sp³-hybridized carbons (Fsp3) is 0.133. The lowest BCUT2D eigenvalue weighted by atomic mass is 10.2. The van der Waals surface area contributed by atoms with Crippen molar-refractivity contribution < 1.29 is 13.6 Å². The van der Waals surface area contributed by atoms with Crippen LogP contribution in [-0.4, -0.2) is 18.1 Å². The molecule has 6 nitrogen and oxygen atoms in total. The van der Waals surface area contributed by atoms with Crippen molar-refractivity contribution in [1.29, 1.82) is 0 Å². The van der Waals surface area contributed by atoms with Gasteiger partial charge in [-0.3, -0.25) is 4.79 Å². The first kappa shape index (κ1) is 15.3. The molecule has 120 valence electrons. The second kappa shape index (κ2) is 6.69. The molecule has 0 aromatic heterocycles. The maximum Gasteiger partial charge on any atom is 0.246 e. The van der Waals surface area contributed by atoms with Gasteiger partial charge in [0.25, 0.3) is 0 Å². The number of carbonyl (C=O) groups excluding carboxylic acids is 1. The van der Waals surface area contributed by atoms with Crippen molar-refractivity contribution in [3.8, 4) is 0 Å². The van der Waals surface area contributed by atoms with Gasteiger partial charge in [0.2, 0.25) is 5.91 Å². The molecule has 3 rings (SSSR count). The van der Waals surface area contributed by atoms with E-state index < -0.39 is 29.7 Å². The summed E-state index contributed by atoms with van der Waals surface area (Å²) in [5.74, 6) is -1.84. The molecule has 1 aliphatic heterocycles. The zero-order valence-electron chi connectivity index (χ0n) is 11.9. The van der Waals surface area contributed by atoms with E-state index in [1.807, 2.05) is 30.3 Å². The Hall–Kier alpha value is -2.55. The third-order valence-electron chi connectivity index (χ3n) is 3.35. The number of halogens is 2. The van der Waals surface area contributed by atoms with E-state index in [2.05, 4.69) is 27.0 Å². The predicted molar refractivity (Wildman–Crippen MR) is 82.0 cm³/mol. The SMILES string of the molecule is O=C(Nc1cc(F)ccc1F)C1NNNC1Nc1ccccc1. The fourth-order valence-corrected chi connectivity index (χ4v) is 2.22. The molecule has 5 N–H and O–H groups in total. The van der Waals surface area contributed by atoms with Crippen LogP contribution in [0.3, 0.4) is 0 Å². The molecular formula is C15H15F2N5O. The molecule has 2 atom stereocenters. The molecule has 1 saturated heterocycles. The van der Waals surface area contributed by atoms with E-state index in [0.717, 1.165) is 23.9 Å². The highest BCUT2D eigenvalue weighted by Gasteiger charge is 2.33. The van der Waals surface area contributed by atoms with Gasteiger partial charge in [-0.15, -0.1) is 0 Å².